The molecule has 1 fully saturated rings. The summed E-state index contributed by atoms with van der Waals surface area (Å²) in [6, 6.07) is 14.6. The molecule has 2 atom stereocenters. The summed E-state index contributed by atoms with van der Waals surface area (Å²) < 4.78 is 0. The van der Waals surface area contributed by atoms with Crippen molar-refractivity contribution < 1.29 is 0 Å². The lowest BCUT2D eigenvalue weighted by Crippen LogP contribution is -2.43. The van der Waals surface area contributed by atoms with Gasteiger partial charge in [-0.1, -0.05) is 36.7 Å². The third kappa shape index (κ3) is 5.04. The van der Waals surface area contributed by atoms with Gasteiger partial charge in [-0.25, -0.2) is 0 Å². The lowest BCUT2D eigenvalue weighted by atomic mass is 9.80. The van der Waals surface area contributed by atoms with Crippen LogP contribution in [0.5, 0.6) is 0 Å². The molecule has 1 aliphatic heterocycles. The summed E-state index contributed by atoms with van der Waals surface area (Å²) in [4.78, 5) is 9.48. The van der Waals surface area contributed by atoms with E-state index in [1.807, 2.05) is 24.4 Å². The van der Waals surface area contributed by atoms with Gasteiger partial charge in [-0.05, 0) is 68.2 Å². The largest absolute Gasteiger partial charge is 0.306 e. The summed E-state index contributed by atoms with van der Waals surface area (Å²) in [5.74, 6) is 1.23. The minimum atomic E-state index is 0.603. The van der Waals surface area contributed by atoms with Crippen molar-refractivity contribution in [3.05, 3.63) is 64.9 Å². The fourth-order valence-electron chi connectivity index (χ4n) is 3.91. The zero-order chi connectivity index (χ0) is 17.6. The van der Waals surface area contributed by atoms with Crippen LogP contribution in [0.15, 0.2) is 48.7 Å². The van der Waals surface area contributed by atoms with Gasteiger partial charge >= 0.3 is 0 Å². The summed E-state index contributed by atoms with van der Waals surface area (Å²) in [6.07, 6.45) is 3.10. The van der Waals surface area contributed by atoms with Gasteiger partial charge in [0.15, 0.2) is 0 Å². The first kappa shape index (κ1) is 18.4. The number of hydrogen-bond donors (Lipinski definition) is 0. The van der Waals surface area contributed by atoms with E-state index in [9.17, 15) is 0 Å². The molecule has 0 amide bonds. The number of nitrogens with zero attached hydrogens (tertiary/aromatic N) is 3. The Morgan fingerprint density at radius 2 is 2.00 bits per heavy atom. The average molecular weight is 358 g/mol. The predicted molar refractivity (Wildman–Crippen MR) is 105 cm³/mol. The highest BCUT2D eigenvalue weighted by Gasteiger charge is 2.30. The number of hydrogen-bond acceptors (Lipinski definition) is 3. The summed E-state index contributed by atoms with van der Waals surface area (Å²) in [7, 11) is 2.24. The molecular formula is C21H28ClN3. The molecule has 0 bridgehead atoms. The maximum Gasteiger partial charge on any atom is 0.0543 e. The van der Waals surface area contributed by atoms with E-state index in [1.54, 1.807) is 0 Å². The van der Waals surface area contributed by atoms with Crippen molar-refractivity contribution in [1.82, 2.24) is 14.8 Å². The van der Waals surface area contributed by atoms with Crippen LogP contribution in [0.1, 0.15) is 30.5 Å². The highest BCUT2D eigenvalue weighted by atomic mass is 35.5. The summed E-state index contributed by atoms with van der Waals surface area (Å²) in [6.45, 7) is 7.62. The third-order valence-corrected chi connectivity index (χ3v) is 5.54. The van der Waals surface area contributed by atoms with E-state index in [0.29, 0.717) is 11.8 Å². The molecule has 1 aromatic heterocycles. The van der Waals surface area contributed by atoms with Gasteiger partial charge < -0.3 is 4.90 Å². The summed E-state index contributed by atoms with van der Waals surface area (Å²) in [5, 5.41) is 0.818. The zero-order valence-corrected chi connectivity index (χ0v) is 16.0. The Labute approximate surface area is 156 Å². The number of halogens is 1. The number of benzene rings is 1. The van der Waals surface area contributed by atoms with Crippen LogP contribution in [0.3, 0.4) is 0 Å². The molecule has 0 aliphatic carbocycles. The van der Waals surface area contributed by atoms with E-state index in [1.165, 1.54) is 12.0 Å². The number of piperidine rings is 1. The smallest absolute Gasteiger partial charge is 0.0543 e. The summed E-state index contributed by atoms with van der Waals surface area (Å²) in [5.41, 5.74) is 2.58. The molecule has 0 spiro atoms. The van der Waals surface area contributed by atoms with Gasteiger partial charge in [0.25, 0.3) is 0 Å². The molecule has 2 heterocycles. The highest BCUT2D eigenvalue weighted by molar-refractivity contribution is 6.30. The lowest BCUT2D eigenvalue weighted by Gasteiger charge is -2.39. The molecule has 0 radical (unpaired) electrons. The molecule has 1 aliphatic rings. The first-order valence-corrected chi connectivity index (χ1v) is 9.59. The van der Waals surface area contributed by atoms with Crippen molar-refractivity contribution >= 4 is 11.6 Å². The molecule has 134 valence electrons. The zero-order valence-electron chi connectivity index (χ0n) is 15.2. The topological polar surface area (TPSA) is 19.4 Å². The van der Waals surface area contributed by atoms with Gasteiger partial charge in [0.05, 0.1) is 5.69 Å². The van der Waals surface area contributed by atoms with E-state index >= 15 is 0 Å². The third-order valence-electron chi connectivity index (χ3n) is 5.29. The van der Waals surface area contributed by atoms with Crippen molar-refractivity contribution in [3.63, 3.8) is 0 Å². The van der Waals surface area contributed by atoms with E-state index < -0.39 is 0 Å². The maximum absolute atomic E-state index is 6.08. The van der Waals surface area contributed by atoms with Crippen LogP contribution in [-0.2, 0) is 6.54 Å². The SMILES string of the molecule is CCN(Cc1ccccn1)C[C@@H]1CN(C)CCC1c1ccc(Cl)cc1. The van der Waals surface area contributed by atoms with Gasteiger partial charge in [-0.2, -0.15) is 0 Å². The molecule has 4 heteroatoms. The fraction of sp³-hybridized carbons (Fsp3) is 0.476. The Kier molecular flexibility index (Phi) is 6.46. The van der Waals surface area contributed by atoms with Crippen LogP contribution >= 0.6 is 11.6 Å². The van der Waals surface area contributed by atoms with Crippen LogP contribution < -0.4 is 0 Å². The second-order valence-corrected chi connectivity index (χ2v) is 7.55. The Balaban J connectivity index is 1.72. The monoisotopic (exact) mass is 357 g/mol. The molecule has 2 aromatic rings. The lowest BCUT2D eigenvalue weighted by molar-refractivity contribution is 0.131. The molecule has 3 nitrogen and oxygen atoms in total. The highest BCUT2D eigenvalue weighted by Crippen LogP contribution is 2.34. The van der Waals surface area contributed by atoms with Gasteiger partial charge in [-0.3, -0.25) is 9.88 Å². The molecule has 25 heavy (non-hydrogen) atoms. The molecular weight excluding hydrogens is 330 g/mol. The Bertz CT molecular complexity index is 644. The van der Waals surface area contributed by atoms with E-state index in [2.05, 4.69) is 53.0 Å². The van der Waals surface area contributed by atoms with Crippen molar-refractivity contribution in [2.45, 2.75) is 25.8 Å². The minimum Gasteiger partial charge on any atom is -0.306 e. The number of likely N-dealkylation sites (tertiary alicyclic amines) is 1. The normalized spacial score (nSPS) is 21.6. The van der Waals surface area contributed by atoms with E-state index in [4.69, 9.17) is 11.6 Å². The van der Waals surface area contributed by atoms with E-state index in [-0.39, 0.29) is 0 Å². The standard InChI is InChI=1S/C21H28ClN3/c1-3-25(16-20-6-4-5-12-23-20)15-18-14-24(2)13-11-21(18)17-7-9-19(22)10-8-17/h4-10,12,18,21H,3,11,13-16H2,1-2H3/t18-,21?/m0/s1. The van der Waals surface area contributed by atoms with Crippen LogP contribution in [0, 0.1) is 5.92 Å². The van der Waals surface area contributed by atoms with Crippen molar-refractivity contribution in [3.8, 4) is 0 Å². The van der Waals surface area contributed by atoms with Crippen LogP contribution in [-0.4, -0.2) is 48.0 Å². The van der Waals surface area contributed by atoms with Gasteiger partial charge in [0.2, 0.25) is 0 Å². The Hall–Kier alpha value is -1.42. The van der Waals surface area contributed by atoms with E-state index in [0.717, 1.165) is 43.4 Å². The molecule has 1 saturated heterocycles. The quantitative estimate of drug-likeness (QED) is 0.768. The summed E-state index contributed by atoms with van der Waals surface area (Å²) >= 11 is 6.08. The van der Waals surface area contributed by atoms with Gasteiger partial charge in [0.1, 0.15) is 0 Å². The first-order chi connectivity index (χ1) is 12.2. The van der Waals surface area contributed by atoms with Crippen LogP contribution in [0.4, 0.5) is 0 Å². The second-order valence-electron chi connectivity index (χ2n) is 7.12. The van der Waals surface area contributed by atoms with Crippen molar-refractivity contribution in [2.75, 3.05) is 33.2 Å². The molecule has 0 saturated carbocycles. The molecule has 1 unspecified atom stereocenters. The van der Waals surface area contributed by atoms with Crippen molar-refractivity contribution in [1.29, 1.82) is 0 Å². The van der Waals surface area contributed by atoms with Crippen molar-refractivity contribution in [2.24, 2.45) is 5.92 Å². The Morgan fingerprint density at radius 1 is 1.20 bits per heavy atom. The second kappa shape index (κ2) is 8.79. The predicted octanol–water partition coefficient (Wildman–Crippen LogP) is 4.29. The number of pyridine rings is 1. The van der Waals surface area contributed by atoms with Crippen LogP contribution in [0.2, 0.25) is 5.02 Å². The molecule has 0 N–H and O–H groups in total. The van der Waals surface area contributed by atoms with Gasteiger partial charge in [-0.15, -0.1) is 0 Å². The molecule has 3 rings (SSSR count). The number of aromatic nitrogens is 1. The van der Waals surface area contributed by atoms with Crippen LogP contribution in [0.25, 0.3) is 0 Å². The maximum atomic E-state index is 6.08. The molecule has 1 aromatic carbocycles. The fourth-order valence-corrected chi connectivity index (χ4v) is 4.03. The Morgan fingerprint density at radius 3 is 2.68 bits per heavy atom. The van der Waals surface area contributed by atoms with Gasteiger partial charge in [0, 0.05) is 30.9 Å². The average Bonchev–Trinajstić information content (AvgIpc) is 2.63. The first-order valence-electron chi connectivity index (χ1n) is 9.22. The number of rotatable bonds is 6. The minimum absolute atomic E-state index is 0.603.